The van der Waals surface area contributed by atoms with E-state index in [9.17, 15) is 18.0 Å². The molecule has 0 aromatic carbocycles. The number of hydrogen-bond donors (Lipinski definition) is 1. The monoisotopic (exact) mass is 908 g/mol. The van der Waals surface area contributed by atoms with Gasteiger partial charge in [0.25, 0.3) is 5.19 Å². The van der Waals surface area contributed by atoms with Gasteiger partial charge in [-0.1, -0.05) is 70.3 Å². The fourth-order valence-corrected chi connectivity index (χ4v) is 17.6. The van der Waals surface area contributed by atoms with Crippen LogP contribution in [0.15, 0.2) is 40.8 Å². The molecule has 10 nitrogen and oxygen atoms in total. The minimum Gasteiger partial charge on any atom is -0.469 e. The lowest BCUT2D eigenvalue weighted by Gasteiger charge is -2.72. The lowest BCUT2D eigenvalue weighted by molar-refractivity contribution is -0.221. The maximum Gasteiger partial charge on any atom is 0.357 e. The molecule has 12 heteroatoms. The Morgan fingerprint density at radius 3 is 2.33 bits per heavy atom. The number of ether oxygens (including phenoxy) is 3. The standard InChI is InChI=1S/C51H77N3O7S2/c1-10-59-43(55)39-32-62-45(53-39)61-33-50(44(56)60-11-2)21-14-35(15-22-50)37-17-19-47(7)40(46(37,5)6)18-20-49(9)41(47)13-12-38-42-36(34(3)4)16-23-51(42,25-24-48(38,49)8)52-26-27-54-28-30-63(57,58)31-29-54/h14,17,32,36,38,40-42,52H,3,10-13,15-16,18-31,33H2,1-2,4-9H3/t36-,38+,40-,41+,42+,47-,48+,49+,50?,51-/m0/s1. The number of sulfone groups is 1. The van der Waals surface area contributed by atoms with E-state index in [4.69, 9.17) is 14.2 Å². The van der Waals surface area contributed by atoms with E-state index in [1.165, 1.54) is 79.4 Å². The molecule has 4 saturated carbocycles. The third-order valence-corrected chi connectivity index (χ3v) is 21.5. The molecule has 6 aliphatic carbocycles. The van der Waals surface area contributed by atoms with E-state index in [0.29, 0.717) is 67.3 Å². The molecule has 63 heavy (non-hydrogen) atoms. The van der Waals surface area contributed by atoms with E-state index in [1.807, 2.05) is 6.92 Å². The number of carbonyl (C=O) groups excluding carboxylic acids is 2. The number of carbonyl (C=O) groups is 2. The van der Waals surface area contributed by atoms with Crippen LogP contribution in [0.25, 0.3) is 0 Å². The van der Waals surface area contributed by atoms with Crippen LogP contribution in [0.3, 0.4) is 0 Å². The molecule has 1 aromatic rings. The van der Waals surface area contributed by atoms with E-state index < -0.39 is 21.2 Å². The molecular weight excluding hydrogens is 831 g/mol. The summed E-state index contributed by atoms with van der Waals surface area (Å²) in [6.07, 6.45) is 18.0. The fraction of sp³-hybridized carbons (Fsp3) is 0.784. The van der Waals surface area contributed by atoms with Crippen LogP contribution in [0, 0.1) is 56.7 Å². The van der Waals surface area contributed by atoms with Crippen molar-refractivity contribution in [3.63, 3.8) is 0 Å². The molecule has 0 radical (unpaired) electrons. The number of nitrogens with zero attached hydrogens (tertiary/aromatic N) is 2. The van der Waals surface area contributed by atoms with Gasteiger partial charge in [-0.25, -0.2) is 13.2 Å². The summed E-state index contributed by atoms with van der Waals surface area (Å²) in [6, 6.07) is 0. The van der Waals surface area contributed by atoms with Crippen LogP contribution in [-0.2, 0) is 24.1 Å². The van der Waals surface area contributed by atoms with Crippen molar-refractivity contribution in [2.24, 2.45) is 56.7 Å². The molecule has 1 aliphatic heterocycles. The first-order valence-electron chi connectivity index (χ1n) is 24.4. The van der Waals surface area contributed by atoms with Crippen LogP contribution in [0.1, 0.15) is 143 Å². The number of thiazole rings is 1. The van der Waals surface area contributed by atoms with Gasteiger partial charge in [-0.05, 0) is 160 Å². The molecule has 8 rings (SSSR count). The summed E-state index contributed by atoms with van der Waals surface area (Å²) in [5.74, 6) is 2.85. The second-order valence-electron chi connectivity index (χ2n) is 22.2. The fourth-order valence-electron chi connectivity index (χ4n) is 15.7. The molecule has 0 spiro atoms. The summed E-state index contributed by atoms with van der Waals surface area (Å²) < 4.78 is 41.2. The highest BCUT2D eigenvalue weighted by Gasteiger charge is 2.70. The van der Waals surface area contributed by atoms with Crippen molar-refractivity contribution in [2.75, 3.05) is 57.5 Å². The average Bonchev–Trinajstić information content (AvgIpc) is 3.87. The largest absolute Gasteiger partial charge is 0.469 e. The summed E-state index contributed by atoms with van der Waals surface area (Å²) in [4.78, 5) is 32.6. The highest BCUT2D eigenvalue weighted by molar-refractivity contribution is 7.91. The van der Waals surface area contributed by atoms with Crippen LogP contribution >= 0.6 is 11.3 Å². The van der Waals surface area contributed by atoms with Gasteiger partial charge in [0, 0.05) is 37.1 Å². The van der Waals surface area contributed by atoms with Crippen molar-refractivity contribution in [1.82, 2.24) is 15.2 Å². The Bertz CT molecular complexity index is 2100. The molecule has 350 valence electrons. The van der Waals surface area contributed by atoms with Crippen molar-refractivity contribution in [3.05, 3.63) is 46.5 Å². The maximum absolute atomic E-state index is 13.7. The van der Waals surface area contributed by atoms with Crippen molar-refractivity contribution >= 4 is 33.1 Å². The number of rotatable bonds is 13. The van der Waals surface area contributed by atoms with Gasteiger partial charge in [0.1, 0.15) is 12.0 Å². The summed E-state index contributed by atoms with van der Waals surface area (Å²) in [5.41, 5.74) is 4.41. The Balaban J connectivity index is 0.996. The maximum atomic E-state index is 13.7. The zero-order valence-corrected chi connectivity index (χ0v) is 41.4. The summed E-state index contributed by atoms with van der Waals surface area (Å²) in [5, 5.41) is 6.22. The SMILES string of the molecule is C=C(C)[C@@H]1CC[C@]2(NCCN3CCS(=O)(=O)CC3)CC[C@]3(C)[C@H](CC[C@@H]4[C@@]5(C)CC=C(C6=CCC(COc7nc(C(=O)OCC)cs7)(C(=O)OCC)CC6)C(C)(C)[C@@H]5CC[C@]43C)[C@@H]12. The van der Waals surface area contributed by atoms with E-state index in [2.05, 4.69) is 75.5 Å². The molecule has 7 aliphatic rings. The Morgan fingerprint density at radius 1 is 0.905 bits per heavy atom. The average molecular weight is 908 g/mol. The lowest BCUT2D eigenvalue weighted by Crippen LogP contribution is -2.68. The molecule has 10 atom stereocenters. The van der Waals surface area contributed by atoms with Crippen LogP contribution in [0.4, 0.5) is 0 Å². The topological polar surface area (TPSA) is 124 Å². The number of aromatic nitrogens is 1. The summed E-state index contributed by atoms with van der Waals surface area (Å²) >= 11 is 1.24. The van der Waals surface area contributed by atoms with Gasteiger partial charge in [0.05, 0.1) is 24.7 Å². The number of esters is 2. The van der Waals surface area contributed by atoms with Crippen LogP contribution in [0.2, 0.25) is 0 Å². The second kappa shape index (κ2) is 17.3. The molecule has 1 unspecified atom stereocenters. The molecule has 1 aromatic heterocycles. The normalized spacial score (nSPS) is 39.3. The number of nitrogens with one attached hydrogen (secondary N) is 1. The van der Waals surface area contributed by atoms with Gasteiger partial charge < -0.3 is 24.4 Å². The van der Waals surface area contributed by atoms with Gasteiger partial charge in [0.2, 0.25) is 0 Å². The molecule has 0 amide bonds. The van der Waals surface area contributed by atoms with E-state index >= 15 is 0 Å². The van der Waals surface area contributed by atoms with Crippen LogP contribution in [0.5, 0.6) is 5.19 Å². The third kappa shape index (κ3) is 8.02. The zero-order valence-electron chi connectivity index (χ0n) is 39.7. The summed E-state index contributed by atoms with van der Waals surface area (Å²) in [7, 11) is -2.88. The first-order valence-corrected chi connectivity index (χ1v) is 27.1. The number of allylic oxidation sites excluding steroid dienone is 5. The first kappa shape index (κ1) is 47.0. The molecule has 1 N–H and O–H groups in total. The van der Waals surface area contributed by atoms with Gasteiger partial charge in [-0.2, -0.15) is 4.98 Å². The summed E-state index contributed by atoms with van der Waals surface area (Å²) in [6.45, 7) is 27.5. The second-order valence-corrected chi connectivity index (χ2v) is 25.4. The zero-order chi connectivity index (χ0) is 45.2. The Hall–Kier alpha value is -2.54. The third-order valence-electron chi connectivity index (χ3n) is 19.1. The minimum atomic E-state index is -2.88. The highest BCUT2D eigenvalue weighted by Crippen LogP contribution is 2.76. The van der Waals surface area contributed by atoms with E-state index in [0.717, 1.165) is 25.9 Å². The van der Waals surface area contributed by atoms with E-state index in [1.54, 1.807) is 12.3 Å². The molecule has 1 saturated heterocycles. The Labute approximate surface area is 382 Å². The lowest BCUT2D eigenvalue weighted by atomic mass is 9.33. The van der Waals surface area contributed by atoms with Crippen LogP contribution in [-0.4, -0.2) is 93.3 Å². The quantitative estimate of drug-likeness (QED) is 0.151. The highest BCUT2D eigenvalue weighted by atomic mass is 32.2. The number of fused-ring (bicyclic) bond motifs is 7. The van der Waals surface area contributed by atoms with Crippen molar-refractivity contribution in [2.45, 2.75) is 138 Å². The predicted molar refractivity (Wildman–Crippen MR) is 250 cm³/mol. The number of hydrogen-bond acceptors (Lipinski definition) is 11. The smallest absolute Gasteiger partial charge is 0.357 e. The molecular formula is C51H77N3O7S2. The predicted octanol–water partition coefficient (Wildman–Crippen LogP) is 9.62. The van der Waals surface area contributed by atoms with Gasteiger partial charge in [0.15, 0.2) is 15.5 Å². The van der Waals surface area contributed by atoms with Crippen LogP contribution < -0.4 is 10.1 Å². The molecule has 2 heterocycles. The van der Waals surface area contributed by atoms with E-state index in [-0.39, 0.29) is 63.6 Å². The van der Waals surface area contributed by atoms with Crippen molar-refractivity contribution in [1.29, 1.82) is 0 Å². The molecule has 5 fully saturated rings. The first-order chi connectivity index (χ1) is 29.8. The van der Waals surface area contributed by atoms with Gasteiger partial charge >= 0.3 is 11.9 Å². The Morgan fingerprint density at radius 2 is 1.65 bits per heavy atom. The van der Waals surface area contributed by atoms with Crippen molar-refractivity contribution in [3.8, 4) is 5.19 Å². The minimum absolute atomic E-state index is 0.0105. The Kier molecular flexibility index (Phi) is 12.9. The van der Waals surface area contributed by atoms with Gasteiger partial charge in [-0.15, -0.1) is 0 Å². The van der Waals surface area contributed by atoms with Crippen molar-refractivity contribution < 1.29 is 32.2 Å². The molecule has 0 bridgehead atoms. The van der Waals surface area contributed by atoms with Gasteiger partial charge in [-0.3, -0.25) is 4.79 Å².